The van der Waals surface area contributed by atoms with E-state index in [9.17, 15) is 4.79 Å². The predicted molar refractivity (Wildman–Crippen MR) is 82.0 cm³/mol. The van der Waals surface area contributed by atoms with Crippen molar-refractivity contribution in [3.8, 4) is 5.75 Å². The van der Waals surface area contributed by atoms with Crippen molar-refractivity contribution in [1.29, 1.82) is 0 Å². The lowest BCUT2D eigenvalue weighted by atomic mass is 9.99. The molecule has 1 aliphatic heterocycles. The summed E-state index contributed by atoms with van der Waals surface area (Å²) in [6.45, 7) is 4.28. The van der Waals surface area contributed by atoms with E-state index in [-0.39, 0.29) is 18.1 Å². The largest absolute Gasteiger partial charge is 0.496 e. The molecule has 3 unspecified atom stereocenters. The van der Waals surface area contributed by atoms with Gasteiger partial charge in [0.2, 0.25) is 5.91 Å². The highest BCUT2D eigenvalue weighted by atomic mass is 16.5. The Morgan fingerprint density at radius 1 is 1.38 bits per heavy atom. The minimum Gasteiger partial charge on any atom is -0.496 e. The quantitative estimate of drug-likeness (QED) is 0.906. The molecule has 21 heavy (non-hydrogen) atoms. The highest BCUT2D eigenvalue weighted by Crippen LogP contribution is 2.41. The summed E-state index contributed by atoms with van der Waals surface area (Å²) in [6, 6.07) is 8.30. The number of ether oxygens (including phenoxy) is 1. The number of methoxy groups -OCH3 is 1. The van der Waals surface area contributed by atoms with E-state index in [1.165, 1.54) is 0 Å². The Bertz CT molecular complexity index is 527. The Kier molecular flexibility index (Phi) is 3.89. The van der Waals surface area contributed by atoms with Crippen LogP contribution in [0.25, 0.3) is 0 Å². The van der Waals surface area contributed by atoms with E-state index >= 15 is 0 Å². The van der Waals surface area contributed by atoms with E-state index in [1.54, 1.807) is 7.11 Å². The van der Waals surface area contributed by atoms with E-state index in [0.29, 0.717) is 12.0 Å². The molecular weight excluding hydrogens is 264 g/mol. The van der Waals surface area contributed by atoms with Gasteiger partial charge in [0.25, 0.3) is 0 Å². The molecule has 2 fully saturated rings. The fourth-order valence-electron chi connectivity index (χ4n) is 3.13. The van der Waals surface area contributed by atoms with Gasteiger partial charge >= 0.3 is 0 Å². The Morgan fingerprint density at radius 3 is 2.71 bits per heavy atom. The molecule has 4 heteroatoms. The van der Waals surface area contributed by atoms with Gasteiger partial charge in [-0.3, -0.25) is 10.1 Å². The molecule has 1 aromatic carbocycles. The first-order valence-electron chi connectivity index (χ1n) is 7.88. The van der Waals surface area contributed by atoms with Crippen molar-refractivity contribution in [3.05, 3.63) is 29.8 Å². The monoisotopic (exact) mass is 288 g/mol. The molecule has 0 aromatic heterocycles. The number of hydrogen-bond donors (Lipinski definition) is 1. The number of para-hydroxylation sites is 1. The van der Waals surface area contributed by atoms with Crippen LogP contribution in [0.15, 0.2) is 24.3 Å². The second-order valence-electron chi connectivity index (χ2n) is 6.15. The molecular formula is C17H24N2O2. The van der Waals surface area contributed by atoms with Crippen LogP contribution in [0.5, 0.6) is 5.75 Å². The molecule has 1 saturated carbocycles. The first kappa shape index (κ1) is 14.4. The van der Waals surface area contributed by atoms with Crippen molar-refractivity contribution >= 4 is 5.91 Å². The summed E-state index contributed by atoms with van der Waals surface area (Å²) in [7, 11) is 1.68. The van der Waals surface area contributed by atoms with Crippen molar-refractivity contribution < 1.29 is 9.53 Å². The fraction of sp³-hybridized carbons (Fsp3) is 0.588. The van der Waals surface area contributed by atoms with E-state index in [0.717, 1.165) is 30.6 Å². The number of carbonyl (C=O) groups is 1. The van der Waals surface area contributed by atoms with Gasteiger partial charge in [0.05, 0.1) is 13.2 Å². The Balaban J connectivity index is 1.94. The summed E-state index contributed by atoms with van der Waals surface area (Å²) in [5.41, 5.74) is 1.06. The van der Waals surface area contributed by atoms with Gasteiger partial charge in [0.1, 0.15) is 11.9 Å². The van der Waals surface area contributed by atoms with Crippen LogP contribution < -0.4 is 10.1 Å². The van der Waals surface area contributed by atoms with Crippen LogP contribution in [0.2, 0.25) is 0 Å². The minimum atomic E-state index is -0.0782. The summed E-state index contributed by atoms with van der Waals surface area (Å²) in [4.78, 5) is 14.8. The maximum atomic E-state index is 12.8. The van der Waals surface area contributed by atoms with Gasteiger partial charge in [-0.2, -0.15) is 0 Å². The lowest BCUT2D eigenvalue weighted by Crippen LogP contribution is -2.36. The predicted octanol–water partition coefficient (Wildman–Crippen LogP) is 2.70. The van der Waals surface area contributed by atoms with Crippen LogP contribution in [0, 0.1) is 5.92 Å². The van der Waals surface area contributed by atoms with E-state index in [2.05, 4.69) is 30.1 Å². The van der Waals surface area contributed by atoms with Gasteiger partial charge < -0.3 is 9.64 Å². The Labute approximate surface area is 126 Å². The van der Waals surface area contributed by atoms with Crippen LogP contribution in [0.4, 0.5) is 0 Å². The molecule has 3 atom stereocenters. The van der Waals surface area contributed by atoms with Crippen LogP contribution in [-0.4, -0.2) is 30.0 Å². The van der Waals surface area contributed by atoms with Gasteiger partial charge in [-0.15, -0.1) is 0 Å². The minimum absolute atomic E-state index is 0.0554. The SMILES string of the molecule is CCC(C)C1NC(c2ccccc2OC)N(C2CC2)C1=O. The second kappa shape index (κ2) is 5.68. The number of rotatable bonds is 5. The topological polar surface area (TPSA) is 41.6 Å². The fourth-order valence-corrected chi connectivity index (χ4v) is 3.13. The third-order valence-corrected chi connectivity index (χ3v) is 4.72. The van der Waals surface area contributed by atoms with Crippen molar-refractivity contribution in [3.63, 3.8) is 0 Å². The molecule has 1 N–H and O–H groups in total. The molecule has 0 radical (unpaired) electrons. The summed E-state index contributed by atoms with van der Waals surface area (Å²) in [5.74, 6) is 1.44. The summed E-state index contributed by atoms with van der Waals surface area (Å²) in [6.07, 6.45) is 3.18. The van der Waals surface area contributed by atoms with Gasteiger partial charge in [-0.1, -0.05) is 38.5 Å². The molecule has 1 aromatic rings. The van der Waals surface area contributed by atoms with Crippen LogP contribution in [-0.2, 0) is 4.79 Å². The molecule has 0 spiro atoms. The van der Waals surface area contributed by atoms with Gasteiger partial charge in [0, 0.05) is 11.6 Å². The molecule has 2 aliphatic rings. The third kappa shape index (κ3) is 2.53. The van der Waals surface area contributed by atoms with Crippen molar-refractivity contribution in [2.24, 2.45) is 5.92 Å². The summed E-state index contributed by atoms with van der Waals surface area (Å²) >= 11 is 0. The van der Waals surface area contributed by atoms with Crippen LogP contribution in [0.3, 0.4) is 0 Å². The first-order valence-corrected chi connectivity index (χ1v) is 7.88. The number of nitrogens with zero attached hydrogens (tertiary/aromatic N) is 1. The maximum absolute atomic E-state index is 12.8. The zero-order valence-electron chi connectivity index (χ0n) is 13.0. The van der Waals surface area contributed by atoms with E-state index in [4.69, 9.17) is 4.74 Å². The number of amides is 1. The maximum Gasteiger partial charge on any atom is 0.241 e. The van der Waals surface area contributed by atoms with Crippen molar-refractivity contribution in [1.82, 2.24) is 10.2 Å². The highest BCUT2D eigenvalue weighted by Gasteiger charge is 2.48. The molecule has 4 nitrogen and oxygen atoms in total. The van der Waals surface area contributed by atoms with Gasteiger partial charge in [-0.25, -0.2) is 0 Å². The molecule has 1 saturated heterocycles. The number of carbonyl (C=O) groups excluding carboxylic acids is 1. The average Bonchev–Trinajstić information content (AvgIpc) is 3.29. The zero-order valence-corrected chi connectivity index (χ0v) is 13.0. The molecule has 1 aliphatic carbocycles. The lowest BCUT2D eigenvalue weighted by molar-refractivity contribution is -0.131. The molecule has 1 heterocycles. The molecule has 3 rings (SSSR count). The van der Waals surface area contributed by atoms with E-state index in [1.807, 2.05) is 18.2 Å². The van der Waals surface area contributed by atoms with Crippen molar-refractivity contribution in [2.45, 2.75) is 51.4 Å². The third-order valence-electron chi connectivity index (χ3n) is 4.72. The Morgan fingerprint density at radius 2 is 2.10 bits per heavy atom. The van der Waals surface area contributed by atoms with Gasteiger partial charge in [-0.05, 0) is 24.8 Å². The molecule has 114 valence electrons. The number of benzene rings is 1. The van der Waals surface area contributed by atoms with Gasteiger partial charge in [0.15, 0.2) is 0 Å². The first-order chi connectivity index (χ1) is 10.2. The molecule has 0 bridgehead atoms. The lowest BCUT2D eigenvalue weighted by Gasteiger charge is -2.25. The zero-order chi connectivity index (χ0) is 15.0. The van der Waals surface area contributed by atoms with Crippen molar-refractivity contribution in [2.75, 3.05) is 7.11 Å². The smallest absolute Gasteiger partial charge is 0.241 e. The average molecular weight is 288 g/mol. The summed E-state index contributed by atoms with van der Waals surface area (Å²) < 4.78 is 5.49. The highest BCUT2D eigenvalue weighted by molar-refractivity contribution is 5.85. The standard InChI is InChI=1S/C17H24N2O2/c1-4-11(2)15-17(20)19(12-9-10-12)16(18-15)13-7-5-6-8-14(13)21-3/h5-8,11-12,15-16,18H,4,9-10H2,1-3H3. The number of hydrogen-bond acceptors (Lipinski definition) is 3. The molecule has 1 amide bonds. The van der Waals surface area contributed by atoms with E-state index < -0.39 is 0 Å². The summed E-state index contributed by atoms with van der Waals surface area (Å²) in [5, 5.41) is 3.55. The number of nitrogens with one attached hydrogen (secondary N) is 1. The normalized spacial score (nSPS) is 27.0. The van der Waals surface area contributed by atoms with Crippen LogP contribution in [0.1, 0.15) is 44.8 Å². The Hall–Kier alpha value is -1.55. The van der Waals surface area contributed by atoms with Crippen LogP contribution >= 0.6 is 0 Å². The second-order valence-corrected chi connectivity index (χ2v) is 6.15.